The third kappa shape index (κ3) is 6.82. The molecule has 2 heterocycles. The van der Waals surface area contributed by atoms with E-state index in [0.717, 1.165) is 17.4 Å². The minimum absolute atomic E-state index is 0.0364. The number of carbonyl (C=O) groups is 2. The number of hydrogen-bond donors (Lipinski definition) is 1. The van der Waals surface area contributed by atoms with Crippen molar-refractivity contribution in [3.05, 3.63) is 70.5 Å². The van der Waals surface area contributed by atoms with Crippen LogP contribution in [0.2, 0.25) is 0 Å². The largest absolute Gasteiger partial charge is 0.486 e. The van der Waals surface area contributed by atoms with Crippen LogP contribution in [0, 0.1) is 6.92 Å². The number of ether oxygens (including phenoxy) is 1. The van der Waals surface area contributed by atoms with Gasteiger partial charge in [-0.15, -0.1) is 0 Å². The quantitative estimate of drug-likeness (QED) is 0.435. The molecule has 1 aromatic carbocycles. The average molecular weight is 502 g/mol. The molecule has 0 saturated heterocycles. The van der Waals surface area contributed by atoms with Gasteiger partial charge in [-0.25, -0.2) is 18.1 Å². The van der Waals surface area contributed by atoms with Gasteiger partial charge in [-0.05, 0) is 43.5 Å². The molecule has 1 aliphatic rings. The molecule has 0 unspecified atom stereocenters. The number of carbonyl (C=O) groups excluding carboxylic acids is 2. The topological polar surface area (TPSA) is 119 Å². The van der Waals surface area contributed by atoms with Crippen LogP contribution < -0.4 is 9.46 Å². The zero-order valence-corrected chi connectivity index (χ0v) is 21.4. The smallest absolute Gasteiger partial charge is 0.268 e. The summed E-state index contributed by atoms with van der Waals surface area (Å²) in [6, 6.07) is 3.33. The Labute approximate surface area is 205 Å². The number of allylic oxidation sites excluding steroid dienone is 3. The number of nitrogens with one attached hydrogen (secondary N) is 1. The van der Waals surface area contributed by atoms with Crippen molar-refractivity contribution in [3.63, 3.8) is 0 Å². The second-order valence-corrected chi connectivity index (χ2v) is 10.5. The van der Waals surface area contributed by atoms with E-state index in [-0.39, 0.29) is 29.7 Å². The zero-order valence-electron chi connectivity index (χ0n) is 20.6. The number of fused-ring (bicyclic) bond motifs is 1. The number of aryl methyl sites for hydroxylation is 1. The van der Waals surface area contributed by atoms with E-state index in [0.29, 0.717) is 36.9 Å². The van der Waals surface area contributed by atoms with Gasteiger partial charge in [0, 0.05) is 25.1 Å². The van der Waals surface area contributed by atoms with Crippen molar-refractivity contribution in [2.45, 2.75) is 53.2 Å². The van der Waals surface area contributed by atoms with Gasteiger partial charge in [-0.1, -0.05) is 32.1 Å². The summed E-state index contributed by atoms with van der Waals surface area (Å²) in [6.45, 7) is 8.45. The van der Waals surface area contributed by atoms with E-state index >= 15 is 0 Å². The lowest BCUT2D eigenvalue weighted by Crippen LogP contribution is -2.35. The molecule has 188 valence electrons. The first-order chi connectivity index (χ1) is 16.5. The lowest BCUT2D eigenvalue weighted by atomic mass is 9.96. The van der Waals surface area contributed by atoms with Gasteiger partial charge in [0.25, 0.3) is 5.91 Å². The van der Waals surface area contributed by atoms with E-state index in [1.807, 2.05) is 31.6 Å². The standard InChI is InChI=1S/C25H31N3O6S/c1-6-7-8-9-23(29)28-11-10-18-12-20(24(30)27-35(5,31)32)22(13-19(18)14-28)33-15-21-17(4)34-25(26-21)16(2)3/h6-9,12-13,16H,10-11,14-15H2,1-5H3,(H,27,30)/b7-6+,9-8+. The zero-order chi connectivity index (χ0) is 25.8. The number of hydrogen-bond acceptors (Lipinski definition) is 7. The molecular weight excluding hydrogens is 470 g/mol. The number of rotatable bonds is 8. The number of benzene rings is 1. The maximum absolute atomic E-state index is 12.8. The molecule has 0 fully saturated rings. The average Bonchev–Trinajstić information content (AvgIpc) is 3.16. The molecule has 1 aliphatic heterocycles. The molecule has 1 aromatic heterocycles. The minimum atomic E-state index is -3.77. The molecule has 2 aromatic rings. The minimum Gasteiger partial charge on any atom is -0.486 e. The van der Waals surface area contributed by atoms with E-state index in [1.165, 1.54) is 6.08 Å². The highest BCUT2D eigenvalue weighted by molar-refractivity contribution is 7.89. The molecule has 0 radical (unpaired) electrons. The van der Waals surface area contributed by atoms with Gasteiger partial charge in [-0.2, -0.15) is 0 Å². The number of nitrogens with zero attached hydrogens (tertiary/aromatic N) is 2. The van der Waals surface area contributed by atoms with Crippen LogP contribution in [0.3, 0.4) is 0 Å². The Morgan fingerprint density at radius 3 is 2.63 bits per heavy atom. The van der Waals surface area contributed by atoms with Crippen molar-refractivity contribution in [2.75, 3.05) is 12.8 Å². The Bertz CT molecular complexity index is 1270. The Morgan fingerprint density at radius 2 is 2.00 bits per heavy atom. The van der Waals surface area contributed by atoms with E-state index in [9.17, 15) is 18.0 Å². The summed E-state index contributed by atoms with van der Waals surface area (Å²) < 4.78 is 37.0. The van der Waals surface area contributed by atoms with Crippen LogP contribution in [0.1, 0.15) is 65.5 Å². The summed E-state index contributed by atoms with van der Waals surface area (Å²) in [4.78, 5) is 31.5. The van der Waals surface area contributed by atoms with Gasteiger partial charge in [0.05, 0.1) is 11.8 Å². The van der Waals surface area contributed by atoms with Gasteiger partial charge >= 0.3 is 0 Å². The fourth-order valence-corrected chi connectivity index (χ4v) is 4.07. The maximum atomic E-state index is 12.8. The Balaban J connectivity index is 1.91. The summed E-state index contributed by atoms with van der Waals surface area (Å²) in [7, 11) is -3.77. The van der Waals surface area contributed by atoms with Crippen molar-refractivity contribution in [1.29, 1.82) is 0 Å². The lowest BCUT2D eigenvalue weighted by molar-refractivity contribution is -0.126. The highest BCUT2D eigenvalue weighted by Gasteiger charge is 2.25. The molecule has 0 saturated carbocycles. The number of sulfonamides is 1. The summed E-state index contributed by atoms with van der Waals surface area (Å²) in [6.07, 6.45) is 8.26. The molecule has 0 spiro atoms. The predicted molar refractivity (Wildman–Crippen MR) is 131 cm³/mol. The third-order valence-corrected chi connectivity index (χ3v) is 6.01. The van der Waals surface area contributed by atoms with Crippen molar-refractivity contribution < 1.29 is 27.2 Å². The SMILES string of the molecule is C/C=C/C=C/C(=O)N1CCc2cc(C(=O)NS(C)(=O)=O)c(OCc3nc(C(C)C)oc3C)cc2C1. The molecule has 0 bridgehead atoms. The Hall–Kier alpha value is -3.40. The number of oxazole rings is 1. The first-order valence-electron chi connectivity index (χ1n) is 11.3. The van der Waals surface area contributed by atoms with Crippen LogP contribution >= 0.6 is 0 Å². The number of aromatic nitrogens is 1. The van der Waals surface area contributed by atoms with Crippen LogP contribution in [0.4, 0.5) is 0 Å². The van der Waals surface area contributed by atoms with E-state index in [2.05, 4.69) is 4.98 Å². The molecule has 10 heteroatoms. The lowest BCUT2D eigenvalue weighted by Gasteiger charge is -2.29. The second-order valence-electron chi connectivity index (χ2n) is 8.71. The highest BCUT2D eigenvalue weighted by Crippen LogP contribution is 2.30. The van der Waals surface area contributed by atoms with Crippen molar-refractivity contribution in [3.8, 4) is 5.75 Å². The van der Waals surface area contributed by atoms with Crippen molar-refractivity contribution in [2.24, 2.45) is 0 Å². The van der Waals surface area contributed by atoms with E-state index < -0.39 is 15.9 Å². The van der Waals surface area contributed by atoms with Gasteiger partial charge < -0.3 is 14.1 Å². The summed E-state index contributed by atoms with van der Waals surface area (Å²) in [5, 5.41) is 0. The van der Waals surface area contributed by atoms with E-state index in [1.54, 1.807) is 36.1 Å². The van der Waals surface area contributed by atoms with Crippen molar-refractivity contribution >= 4 is 21.8 Å². The van der Waals surface area contributed by atoms with Crippen LogP contribution in [-0.2, 0) is 34.4 Å². The molecule has 0 aliphatic carbocycles. The fraction of sp³-hybridized carbons (Fsp3) is 0.400. The predicted octanol–water partition coefficient (Wildman–Crippen LogP) is 3.39. The Kier molecular flexibility index (Phi) is 8.16. The maximum Gasteiger partial charge on any atom is 0.268 e. The third-order valence-electron chi connectivity index (χ3n) is 5.46. The summed E-state index contributed by atoms with van der Waals surface area (Å²) in [5.41, 5.74) is 2.38. The first-order valence-corrected chi connectivity index (χ1v) is 13.2. The first kappa shape index (κ1) is 26.2. The number of amides is 2. The van der Waals surface area contributed by atoms with Gasteiger partial charge in [0.1, 0.15) is 23.8 Å². The van der Waals surface area contributed by atoms with Crippen LogP contribution in [0.15, 0.2) is 40.9 Å². The molecule has 35 heavy (non-hydrogen) atoms. The molecular formula is C25H31N3O6S. The second kappa shape index (κ2) is 10.9. The van der Waals surface area contributed by atoms with Gasteiger partial charge in [-0.3, -0.25) is 9.59 Å². The summed E-state index contributed by atoms with van der Waals surface area (Å²) >= 11 is 0. The van der Waals surface area contributed by atoms with Crippen LogP contribution in [0.5, 0.6) is 5.75 Å². The van der Waals surface area contributed by atoms with Crippen LogP contribution in [-0.4, -0.2) is 42.9 Å². The van der Waals surface area contributed by atoms with Crippen LogP contribution in [0.25, 0.3) is 0 Å². The molecule has 3 rings (SSSR count). The van der Waals surface area contributed by atoms with E-state index in [4.69, 9.17) is 9.15 Å². The van der Waals surface area contributed by atoms with Gasteiger partial charge in [0.2, 0.25) is 15.9 Å². The molecule has 0 atom stereocenters. The van der Waals surface area contributed by atoms with Crippen molar-refractivity contribution in [1.82, 2.24) is 14.6 Å². The molecule has 2 amide bonds. The monoisotopic (exact) mass is 501 g/mol. The molecule has 1 N–H and O–H groups in total. The highest BCUT2D eigenvalue weighted by atomic mass is 32.2. The van der Waals surface area contributed by atoms with Gasteiger partial charge in [0.15, 0.2) is 5.89 Å². The molecule has 9 nitrogen and oxygen atoms in total. The fourth-order valence-electron chi connectivity index (χ4n) is 3.63. The normalized spacial score (nSPS) is 14.1. The summed E-state index contributed by atoms with van der Waals surface area (Å²) in [5.74, 6) is 0.609. The Morgan fingerprint density at radius 1 is 1.26 bits per heavy atom.